The SMILES string of the molecule is CCCNc1ncc(-c2ccc(C)cn2)s1. The predicted molar refractivity (Wildman–Crippen MR) is 68.9 cm³/mol. The van der Waals surface area contributed by atoms with E-state index >= 15 is 0 Å². The maximum atomic E-state index is 4.38. The molecule has 0 saturated carbocycles. The maximum absolute atomic E-state index is 4.38. The van der Waals surface area contributed by atoms with E-state index < -0.39 is 0 Å². The van der Waals surface area contributed by atoms with Crippen molar-refractivity contribution in [2.24, 2.45) is 0 Å². The molecule has 0 aliphatic carbocycles. The van der Waals surface area contributed by atoms with Gasteiger partial charge in [-0.1, -0.05) is 24.3 Å². The van der Waals surface area contributed by atoms with Crippen molar-refractivity contribution in [1.29, 1.82) is 0 Å². The third kappa shape index (κ3) is 2.58. The Labute approximate surface area is 99.6 Å². The van der Waals surface area contributed by atoms with Gasteiger partial charge in [0.05, 0.1) is 10.6 Å². The van der Waals surface area contributed by atoms with E-state index in [9.17, 15) is 0 Å². The van der Waals surface area contributed by atoms with Crippen LogP contribution < -0.4 is 5.32 Å². The summed E-state index contributed by atoms with van der Waals surface area (Å²) < 4.78 is 0. The van der Waals surface area contributed by atoms with Crippen molar-refractivity contribution >= 4 is 16.5 Å². The number of hydrogen-bond donors (Lipinski definition) is 1. The first-order chi connectivity index (χ1) is 7.79. The zero-order chi connectivity index (χ0) is 11.4. The molecule has 2 aromatic heterocycles. The average Bonchev–Trinajstić information content (AvgIpc) is 2.76. The molecular weight excluding hydrogens is 218 g/mol. The number of hydrogen-bond acceptors (Lipinski definition) is 4. The van der Waals surface area contributed by atoms with Gasteiger partial charge in [-0.05, 0) is 25.0 Å². The molecule has 0 unspecified atom stereocenters. The highest BCUT2D eigenvalue weighted by Gasteiger charge is 2.04. The van der Waals surface area contributed by atoms with Crippen LogP contribution in [0.4, 0.5) is 5.13 Å². The highest BCUT2D eigenvalue weighted by molar-refractivity contribution is 7.18. The van der Waals surface area contributed by atoms with Crippen LogP contribution in [0.1, 0.15) is 18.9 Å². The van der Waals surface area contributed by atoms with Crippen LogP contribution in [-0.4, -0.2) is 16.5 Å². The van der Waals surface area contributed by atoms with Gasteiger partial charge in [0.15, 0.2) is 5.13 Å². The van der Waals surface area contributed by atoms with Crippen LogP contribution in [-0.2, 0) is 0 Å². The smallest absolute Gasteiger partial charge is 0.183 e. The zero-order valence-electron chi connectivity index (χ0n) is 9.53. The molecule has 84 valence electrons. The fourth-order valence-electron chi connectivity index (χ4n) is 1.32. The number of pyridine rings is 1. The first-order valence-corrected chi connectivity index (χ1v) is 6.24. The van der Waals surface area contributed by atoms with Crippen LogP contribution >= 0.6 is 11.3 Å². The lowest BCUT2D eigenvalue weighted by molar-refractivity contribution is 0.976. The van der Waals surface area contributed by atoms with E-state index in [-0.39, 0.29) is 0 Å². The molecule has 4 heteroatoms. The highest BCUT2D eigenvalue weighted by atomic mass is 32.1. The van der Waals surface area contributed by atoms with Gasteiger partial charge < -0.3 is 5.32 Å². The monoisotopic (exact) mass is 233 g/mol. The molecule has 1 N–H and O–H groups in total. The van der Waals surface area contributed by atoms with E-state index in [1.807, 2.05) is 25.4 Å². The van der Waals surface area contributed by atoms with Gasteiger partial charge in [0.25, 0.3) is 0 Å². The molecule has 0 atom stereocenters. The van der Waals surface area contributed by atoms with Crippen LogP contribution in [0.3, 0.4) is 0 Å². The standard InChI is InChI=1S/C12H15N3S/c1-3-6-13-12-15-8-11(16-12)10-5-4-9(2)7-14-10/h4-5,7-8H,3,6H2,1-2H3,(H,13,15). The molecule has 2 aromatic rings. The van der Waals surface area contributed by atoms with E-state index in [1.165, 1.54) is 5.56 Å². The quantitative estimate of drug-likeness (QED) is 0.880. The molecule has 0 saturated heterocycles. The van der Waals surface area contributed by atoms with E-state index in [4.69, 9.17) is 0 Å². The van der Waals surface area contributed by atoms with Gasteiger partial charge >= 0.3 is 0 Å². The number of aromatic nitrogens is 2. The number of rotatable bonds is 4. The van der Waals surface area contributed by atoms with E-state index in [2.05, 4.69) is 28.3 Å². The fraction of sp³-hybridized carbons (Fsp3) is 0.333. The molecule has 0 aliphatic heterocycles. The second-order valence-electron chi connectivity index (χ2n) is 3.68. The normalized spacial score (nSPS) is 10.4. The van der Waals surface area contributed by atoms with Crippen molar-refractivity contribution in [3.8, 4) is 10.6 Å². The van der Waals surface area contributed by atoms with Crippen molar-refractivity contribution in [1.82, 2.24) is 9.97 Å². The minimum Gasteiger partial charge on any atom is -0.362 e. The summed E-state index contributed by atoms with van der Waals surface area (Å²) in [6, 6.07) is 4.10. The van der Waals surface area contributed by atoms with Gasteiger partial charge in [-0.15, -0.1) is 0 Å². The predicted octanol–water partition coefficient (Wildman–Crippen LogP) is 3.34. The van der Waals surface area contributed by atoms with Crippen LogP contribution in [0.25, 0.3) is 10.6 Å². The Balaban J connectivity index is 2.15. The van der Waals surface area contributed by atoms with E-state index in [0.29, 0.717) is 0 Å². The summed E-state index contributed by atoms with van der Waals surface area (Å²) in [5.41, 5.74) is 2.17. The second kappa shape index (κ2) is 5.07. The minimum atomic E-state index is 0.967. The third-order valence-electron chi connectivity index (χ3n) is 2.20. The molecule has 2 rings (SSSR count). The molecule has 16 heavy (non-hydrogen) atoms. The molecule has 0 spiro atoms. The van der Waals surface area contributed by atoms with Crippen molar-refractivity contribution < 1.29 is 0 Å². The van der Waals surface area contributed by atoms with E-state index in [0.717, 1.165) is 28.7 Å². The first kappa shape index (κ1) is 11.1. The molecule has 0 aromatic carbocycles. The molecular formula is C12H15N3S. The Morgan fingerprint density at radius 2 is 2.12 bits per heavy atom. The van der Waals surface area contributed by atoms with Crippen molar-refractivity contribution in [2.45, 2.75) is 20.3 Å². The molecule has 2 heterocycles. The van der Waals surface area contributed by atoms with Gasteiger partial charge in [-0.2, -0.15) is 0 Å². The molecule has 0 fully saturated rings. The lowest BCUT2D eigenvalue weighted by atomic mass is 10.2. The molecule has 0 amide bonds. The summed E-state index contributed by atoms with van der Waals surface area (Å²) in [6.07, 6.45) is 4.87. The fourth-order valence-corrected chi connectivity index (χ4v) is 2.14. The lowest BCUT2D eigenvalue weighted by Gasteiger charge is -1.97. The van der Waals surface area contributed by atoms with Gasteiger partial charge in [0.2, 0.25) is 0 Å². The van der Waals surface area contributed by atoms with Crippen molar-refractivity contribution in [2.75, 3.05) is 11.9 Å². The second-order valence-corrected chi connectivity index (χ2v) is 4.71. The Morgan fingerprint density at radius 1 is 1.25 bits per heavy atom. The Morgan fingerprint density at radius 3 is 2.81 bits per heavy atom. The average molecular weight is 233 g/mol. The van der Waals surface area contributed by atoms with Crippen LogP contribution in [0.5, 0.6) is 0 Å². The topological polar surface area (TPSA) is 37.8 Å². The molecule has 0 aliphatic rings. The minimum absolute atomic E-state index is 0.967. The van der Waals surface area contributed by atoms with Crippen LogP contribution in [0.15, 0.2) is 24.5 Å². The van der Waals surface area contributed by atoms with Crippen LogP contribution in [0.2, 0.25) is 0 Å². The third-order valence-corrected chi connectivity index (χ3v) is 3.17. The number of anilines is 1. The first-order valence-electron chi connectivity index (χ1n) is 5.42. The van der Waals surface area contributed by atoms with Gasteiger partial charge in [-0.3, -0.25) is 4.98 Å². The highest BCUT2D eigenvalue weighted by Crippen LogP contribution is 2.27. The molecule has 0 bridgehead atoms. The number of aryl methyl sites for hydroxylation is 1. The van der Waals surface area contributed by atoms with Crippen molar-refractivity contribution in [3.63, 3.8) is 0 Å². The zero-order valence-corrected chi connectivity index (χ0v) is 10.3. The van der Waals surface area contributed by atoms with Crippen LogP contribution in [0, 0.1) is 6.92 Å². The Bertz CT molecular complexity index is 448. The van der Waals surface area contributed by atoms with Crippen molar-refractivity contribution in [3.05, 3.63) is 30.1 Å². The summed E-state index contributed by atoms with van der Waals surface area (Å²) in [5, 5.41) is 4.25. The number of nitrogens with one attached hydrogen (secondary N) is 1. The largest absolute Gasteiger partial charge is 0.362 e. The Kier molecular flexibility index (Phi) is 3.51. The summed E-state index contributed by atoms with van der Waals surface area (Å²) in [6.45, 7) is 5.15. The number of nitrogens with zero attached hydrogens (tertiary/aromatic N) is 2. The summed E-state index contributed by atoms with van der Waals surface area (Å²) in [5.74, 6) is 0. The molecule has 3 nitrogen and oxygen atoms in total. The summed E-state index contributed by atoms with van der Waals surface area (Å²) in [7, 11) is 0. The van der Waals surface area contributed by atoms with E-state index in [1.54, 1.807) is 11.3 Å². The van der Waals surface area contributed by atoms with Gasteiger partial charge in [-0.25, -0.2) is 4.98 Å². The van der Waals surface area contributed by atoms with Gasteiger partial charge in [0.1, 0.15) is 0 Å². The maximum Gasteiger partial charge on any atom is 0.183 e. The summed E-state index contributed by atoms with van der Waals surface area (Å²) >= 11 is 1.65. The molecule has 0 radical (unpaired) electrons. The number of thiazole rings is 1. The lowest BCUT2D eigenvalue weighted by Crippen LogP contribution is -1.97. The van der Waals surface area contributed by atoms with Gasteiger partial charge in [0, 0.05) is 18.9 Å². The summed E-state index contributed by atoms with van der Waals surface area (Å²) in [4.78, 5) is 9.81. The Hall–Kier alpha value is -1.42.